The van der Waals surface area contributed by atoms with Crippen molar-refractivity contribution in [2.75, 3.05) is 0 Å². The number of imidazole rings is 1. The normalized spacial score (nSPS) is 12.7. The molecule has 1 aromatic rings. The first-order valence-electron chi connectivity index (χ1n) is 5.22. The van der Waals surface area contributed by atoms with E-state index in [2.05, 4.69) is 11.9 Å². The molecule has 0 aliphatic rings. The summed E-state index contributed by atoms with van der Waals surface area (Å²) in [5.74, 6) is 0.480. The Morgan fingerprint density at radius 2 is 2.36 bits per heavy atom. The van der Waals surface area contributed by atoms with E-state index in [0.717, 1.165) is 19.3 Å². The van der Waals surface area contributed by atoms with Crippen LogP contribution in [0.1, 0.15) is 33.1 Å². The van der Waals surface area contributed by atoms with E-state index in [1.165, 1.54) is 0 Å². The number of nitrogens with zero attached hydrogens (tertiary/aromatic N) is 2. The first-order valence-corrected chi connectivity index (χ1v) is 5.22. The molecule has 0 fully saturated rings. The summed E-state index contributed by atoms with van der Waals surface area (Å²) in [7, 11) is 0. The molecule has 1 unspecified atom stereocenters. The molecular weight excluding hydrogens is 176 g/mol. The summed E-state index contributed by atoms with van der Waals surface area (Å²) in [6.45, 7) is 4.62. The summed E-state index contributed by atoms with van der Waals surface area (Å²) in [5.41, 5.74) is 0. The van der Waals surface area contributed by atoms with Gasteiger partial charge in [0, 0.05) is 18.3 Å². The molecule has 0 saturated heterocycles. The number of Topliss-reactive ketones (excluding diaryl/α,β-unsaturated/α-hetero) is 1. The van der Waals surface area contributed by atoms with Gasteiger partial charge in [-0.1, -0.05) is 26.7 Å². The summed E-state index contributed by atoms with van der Waals surface area (Å²) in [6, 6.07) is 0. The molecule has 0 amide bonds. The lowest BCUT2D eigenvalue weighted by Crippen LogP contribution is -2.17. The van der Waals surface area contributed by atoms with Crippen LogP contribution in [0.5, 0.6) is 0 Å². The van der Waals surface area contributed by atoms with Crippen molar-refractivity contribution in [1.82, 2.24) is 9.55 Å². The monoisotopic (exact) mass is 194 g/mol. The first-order chi connectivity index (χ1) is 6.74. The Kier molecular flexibility index (Phi) is 4.36. The molecule has 0 radical (unpaired) electrons. The maximum atomic E-state index is 11.7. The van der Waals surface area contributed by atoms with Crippen molar-refractivity contribution in [2.24, 2.45) is 5.92 Å². The Morgan fingerprint density at radius 3 is 2.93 bits per heavy atom. The minimum absolute atomic E-state index is 0.178. The highest BCUT2D eigenvalue weighted by Gasteiger charge is 2.12. The molecule has 3 nitrogen and oxygen atoms in total. The molecule has 1 heterocycles. The number of hydrogen-bond donors (Lipinski definition) is 0. The van der Waals surface area contributed by atoms with E-state index in [1.807, 2.05) is 17.7 Å². The molecule has 0 spiro atoms. The molecule has 0 bridgehead atoms. The average molecular weight is 194 g/mol. The second-order valence-corrected chi connectivity index (χ2v) is 3.74. The van der Waals surface area contributed by atoms with Gasteiger partial charge in [0.1, 0.15) is 0 Å². The van der Waals surface area contributed by atoms with Crippen molar-refractivity contribution < 1.29 is 4.79 Å². The Hall–Kier alpha value is -1.12. The lowest BCUT2D eigenvalue weighted by Gasteiger charge is -2.09. The summed E-state index contributed by atoms with van der Waals surface area (Å²) in [4.78, 5) is 15.6. The Morgan fingerprint density at radius 1 is 1.57 bits per heavy atom. The highest BCUT2D eigenvalue weighted by molar-refractivity contribution is 5.80. The number of carbonyl (C=O) groups excluding carboxylic acids is 1. The van der Waals surface area contributed by atoms with Crippen molar-refractivity contribution in [3.05, 3.63) is 18.7 Å². The van der Waals surface area contributed by atoms with Gasteiger partial charge in [-0.2, -0.15) is 0 Å². The van der Waals surface area contributed by atoms with Crippen LogP contribution in [0, 0.1) is 5.92 Å². The van der Waals surface area contributed by atoms with Crippen LogP contribution in [0.2, 0.25) is 0 Å². The van der Waals surface area contributed by atoms with Gasteiger partial charge in [-0.05, 0) is 6.42 Å². The topological polar surface area (TPSA) is 34.9 Å². The molecular formula is C11H18N2O. The number of aromatic nitrogens is 2. The molecule has 0 aliphatic heterocycles. The average Bonchev–Trinajstić information content (AvgIpc) is 2.66. The fourth-order valence-corrected chi connectivity index (χ4v) is 1.39. The van der Waals surface area contributed by atoms with Crippen molar-refractivity contribution >= 4 is 5.78 Å². The number of ketones is 1. The quantitative estimate of drug-likeness (QED) is 0.696. The first kappa shape index (κ1) is 11.0. The maximum absolute atomic E-state index is 11.7. The lowest BCUT2D eigenvalue weighted by molar-refractivity contribution is -0.123. The molecule has 1 aromatic heterocycles. The van der Waals surface area contributed by atoms with Gasteiger partial charge in [0.2, 0.25) is 0 Å². The number of carbonyl (C=O) groups is 1. The number of unbranched alkanes of at least 4 members (excludes halogenated alkanes) is 1. The maximum Gasteiger partial charge on any atom is 0.155 e. The van der Waals surface area contributed by atoms with Crippen LogP contribution in [-0.4, -0.2) is 15.3 Å². The molecule has 78 valence electrons. The van der Waals surface area contributed by atoms with Crippen LogP contribution in [0.15, 0.2) is 18.7 Å². The molecule has 0 N–H and O–H groups in total. The van der Waals surface area contributed by atoms with Gasteiger partial charge in [0.05, 0.1) is 12.9 Å². The summed E-state index contributed by atoms with van der Waals surface area (Å²) >= 11 is 0. The van der Waals surface area contributed by atoms with E-state index in [0.29, 0.717) is 12.3 Å². The SMILES string of the molecule is CCCCC(C)C(=O)Cn1ccnc1. The Balaban J connectivity index is 2.34. The third kappa shape index (κ3) is 3.32. The number of hydrogen-bond acceptors (Lipinski definition) is 2. The molecule has 0 aromatic carbocycles. The van der Waals surface area contributed by atoms with E-state index < -0.39 is 0 Å². The predicted molar refractivity (Wildman–Crippen MR) is 55.9 cm³/mol. The molecule has 1 atom stereocenters. The van der Waals surface area contributed by atoms with Gasteiger partial charge in [-0.25, -0.2) is 4.98 Å². The Bertz CT molecular complexity index is 267. The van der Waals surface area contributed by atoms with Gasteiger partial charge < -0.3 is 4.57 Å². The van der Waals surface area contributed by atoms with Crippen LogP contribution in [0.3, 0.4) is 0 Å². The zero-order valence-corrected chi connectivity index (χ0v) is 8.94. The number of rotatable bonds is 6. The zero-order chi connectivity index (χ0) is 10.4. The summed E-state index contributed by atoms with van der Waals surface area (Å²) < 4.78 is 1.82. The minimum Gasteiger partial charge on any atom is -0.330 e. The third-order valence-corrected chi connectivity index (χ3v) is 2.44. The summed E-state index contributed by atoms with van der Waals surface area (Å²) in [5, 5.41) is 0. The lowest BCUT2D eigenvalue weighted by atomic mass is 10.00. The smallest absolute Gasteiger partial charge is 0.155 e. The fourth-order valence-electron chi connectivity index (χ4n) is 1.39. The van der Waals surface area contributed by atoms with Crippen molar-refractivity contribution in [2.45, 2.75) is 39.7 Å². The van der Waals surface area contributed by atoms with Crippen LogP contribution < -0.4 is 0 Å². The molecule has 0 aliphatic carbocycles. The van der Waals surface area contributed by atoms with E-state index in [9.17, 15) is 4.79 Å². The van der Waals surface area contributed by atoms with Crippen LogP contribution in [0.25, 0.3) is 0 Å². The zero-order valence-electron chi connectivity index (χ0n) is 8.94. The Labute approximate surface area is 85.2 Å². The third-order valence-electron chi connectivity index (χ3n) is 2.44. The molecule has 3 heteroatoms. The van der Waals surface area contributed by atoms with Gasteiger partial charge in [0.15, 0.2) is 5.78 Å². The van der Waals surface area contributed by atoms with Crippen molar-refractivity contribution in [3.63, 3.8) is 0 Å². The standard InChI is InChI=1S/C11H18N2O/c1-3-4-5-10(2)11(14)8-13-7-6-12-9-13/h6-7,9-10H,3-5,8H2,1-2H3. The van der Waals surface area contributed by atoms with Crippen molar-refractivity contribution in [1.29, 1.82) is 0 Å². The molecule has 0 saturated carbocycles. The van der Waals surface area contributed by atoms with Crippen LogP contribution >= 0.6 is 0 Å². The largest absolute Gasteiger partial charge is 0.330 e. The van der Waals surface area contributed by atoms with Crippen LogP contribution in [-0.2, 0) is 11.3 Å². The minimum atomic E-state index is 0.178. The molecule has 14 heavy (non-hydrogen) atoms. The molecule has 1 rings (SSSR count). The van der Waals surface area contributed by atoms with Gasteiger partial charge >= 0.3 is 0 Å². The second-order valence-electron chi connectivity index (χ2n) is 3.74. The second kappa shape index (κ2) is 5.58. The van der Waals surface area contributed by atoms with Gasteiger partial charge in [-0.3, -0.25) is 4.79 Å². The van der Waals surface area contributed by atoms with E-state index >= 15 is 0 Å². The van der Waals surface area contributed by atoms with E-state index in [-0.39, 0.29) is 5.92 Å². The van der Waals surface area contributed by atoms with E-state index in [1.54, 1.807) is 12.5 Å². The van der Waals surface area contributed by atoms with Gasteiger partial charge in [0.25, 0.3) is 0 Å². The fraction of sp³-hybridized carbons (Fsp3) is 0.636. The van der Waals surface area contributed by atoms with Crippen molar-refractivity contribution in [3.8, 4) is 0 Å². The van der Waals surface area contributed by atoms with E-state index in [4.69, 9.17) is 0 Å². The van der Waals surface area contributed by atoms with Crippen LogP contribution in [0.4, 0.5) is 0 Å². The summed E-state index contributed by atoms with van der Waals surface area (Å²) in [6.07, 6.45) is 8.50. The van der Waals surface area contributed by atoms with Gasteiger partial charge in [-0.15, -0.1) is 0 Å². The predicted octanol–water partition coefficient (Wildman–Crippen LogP) is 2.28. The highest BCUT2D eigenvalue weighted by Crippen LogP contribution is 2.09. The highest BCUT2D eigenvalue weighted by atomic mass is 16.1.